The number of aliphatic carboxylic acids is 1. The SMILES string of the molecule is CCC(C)(CNC(=O)Nc1cccnc1C)C(=O)O. The molecule has 0 saturated heterocycles. The predicted molar refractivity (Wildman–Crippen MR) is 72.0 cm³/mol. The molecule has 1 aromatic heterocycles. The number of pyridine rings is 1. The minimum atomic E-state index is -0.957. The quantitative estimate of drug-likeness (QED) is 0.759. The van der Waals surface area contributed by atoms with Gasteiger partial charge in [0.15, 0.2) is 0 Å². The molecule has 104 valence electrons. The Bertz CT molecular complexity index is 476. The van der Waals surface area contributed by atoms with Gasteiger partial charge in [0.1, 0.15) is 0 Å². The van der Waals surface area contributed by atoms with E-state index in [-0.39, 0.29) is 6.54 Å². The van der Waals surface area contributed by atoms with Gasteiger partial charge in [-0.15, -0.1) is 0 Å². The standard InChI is InChI=1S/C13H19N3O3/c1-4-13(3,11(17)18)8-15-12(19)16-10-6-5-7-14-9(10)2/h5-7H,4,8H2,1-3H3,(H,17,18)(H2,15,16,19). The maximum atomic E-state index is 11.7. The van der Waals surface area contributed by atoms with Crippen LogP contribution in [0.2, 0.25) is 0 Å². The summed E-state index contributed by atoms with van der Waals surface area (Å²) in [6, 6.07) is 3.02. The third kappa shape index (κ3) is 3.94. The van der Waals surface area contributed by atoms with E-state index in [1.165, 1.54) is 0 Å². The van der Waals surface area contributed by atoms with Crippen molar-refractivity contribution in [2.75, 3.05) is 11.9 Å². The number of carbonyl (C=O) groups is 2. The molecule has 1 rings (SSSR count). The molecule has 1 unspecified atom stereocenters. The summed E-state index contributed by atoms with van der Waals surface area (Å²) in [4.78, 5) is 26.9. The van der Waals surface area contributed by atoms with Gasteiger partial charge in [0.2, 0.25) is 0 Å². The molecule has 6 nitrogen and oxygen atoms in total. The summed E-state index contributed by atoms with van der Waals surface area (Å²) >= 11 is 0. The van der Waals surface area contributed by atoms with Crippen molar-refractivity contribution >= 4 is 17.7 Å². The zero-order chi connectivity index (χ0) is 14.5. The molecule has 1 aromatic rings. The molecular formula is C13H19N3O3. The van der Waals surface area contributed by atoms with E-state index in [9.17, 15) is 9.59 Å². The molecule has 3 N–H and O–H groups in total. The maximum Gasteiger partial charge on any atom is 0.319 e. The van der Waals surface area contributed by atoms with E-state index in [0.717, 1.165) is 0 Å². The van der Waals surface area contributed by atoms with Gasteiger partial charge in [-0.05, 0) is 32.4 Å². The molecule has 0 aliphatic rings. The van der Waals surface area contributed by atoms with Gasteiger partial charge < -0.3 is 15.7 Å². The molecule has 0 saturated carbocycles. The molecule has 0 radical (unpaired) electrons. The van der Waals surface area contributed by atoms with E-state index in [2.05, 4.69) is 15.6 Å². The van der Waals surface area contributed by atoms with Crippen LogP contribution >= 0.6 is 0 Å². The average molecular weight is 265 g/mol. The van der Waals surface area contributed by atoms with Crippen molar-refractivity contribution in [1.29, 1.82) is 0 Å². The lowest BCUT2D eigenvalue weighted by atomic mass is 9.88. The van der Waals surface area contributed by atoms with Crippen LogP contribution in [0, 0.1) is 12.3 Å². The summed E-state index contributed by atoms with van der Waals surface area (Å²) in [5, 5.41) is 14.3. The Morgan fingerprint density at radius 1 is 1.47 bits per heavy atom. The number of urea groups is 1. The van der Waals surface area contributed by atoms with E-state index >= 15 is 0 Å². The first-order chi connectivity index (χ1) is 8.89. The first-order valence-electron chi connectivity index (χ1n) is 6.09. The second kappa shape index (κ2) is 6.17. The Morgan fingerprint density at radius 2 is 2.16 bits per heavy atom. The molecule has 0 bridgehead atoms. The van der Waals surface area contributed by atoms with Crippen molar-refractivity contribution in [1.82, 2.24) is 10.3 Å². The summed E-state index contributed by atoms with van der Waals surface area (Å²) in [6.45, 7) is 5.23. The van der Waals surface area contributed by atoms with E-state index in [1.54, 1.807) is 39.1 Å². The van der Waals surface area contributed by atoms with Crippen LogP contribution < -0.4 is 10.6 Å². The lowest BCUT2D eigenvalue weighted by Gasteiger charge is -2.23. The number of nitrogens with one attached hydrogen (secondary N) is 2. The Balaban J connectivity index is 2.58. The molecule has 19 heavy (non-hydrogen) atoms. The number of aromatic nitrogens is 1. The molecule has 0 aromatic carbocycles. The molecule has 1 atom stereocenters. The highest BCUT2D eigenvalue weighted by atomic mass is 16.4. The summed E-state index contributed by atoms with van der Waals surface area (Å²) in [5.41, 5.74) is 0.351. The number of anilines is 1. The first-order valence-corrected chi connectivity index (χ1v) is 6.09. The highest BCUT2D eigenvalue weighted by molar-refractivity contribution is 5.90. The summed E-state index contributed by atoms with van der Waals surface area (Å²) < 4.78 is 0. The van der Waals surface area contributed by atoms with E-state index in [4.69, 9.17) is 5.11 Å². The molecular weight excluding hydrogens is 246 g/mol. The zero-order valence-corrected chi connectivity index (χ0v) is 11.4. The van der Waals surface area contributed by atoms with Crippen LogP contribution in [0.1, 0.15) is 26.0 Å². The highest BCUT2D eigenvalue weighted by Crippen LogP contribution is 2.20. The lowest BCUT2D eigenvalue weighted by molar-refractivity contribution is -0.147. The molecule has 1 heterocycles. The van der Waals surface area contributed by atoms with Crippen LogP contribution in [0.25, 0.3) is 0 Å². The number of aryl methyl sites for hydroxylation is 1. The van der Waals surface area contributed by atoms with Crippen molar-refractivity contribution < 1.29 is 14.7 Å². The zero-order valence-electron chi connectivity index (χ0n) is 11.4. The van der Waals surface area contributed by atoms with Crippen molar-refractivity contribution in [2.45, 2.75) is 27.2 Å². The fourth-order valence-electron chi connectivity index (χ4n) is 1.41. The Morgan fingerprint density at radius 3 is 2.68 bits per heavy atom. The van der Waals surface area contributed by atoms with Crippen LogP contribution in [0.5, 0.6) is 0 Å². The van der Waals surface area contributed by atoms with Gasteiger partial charge in [0, 0.05) is 12.7 Å². The van der Waals surface area contributed by atoms with Crippen molar-refractivity contribution in [3.05, 3.63) is 24.0 Å². The van der Waals surface area contributed by atoms with Crippen LogP contribution in [0.15, 0.2) is 18.3 Å². The Hall–Kier alpha value is -2.11. The van der Waals surface area contributed by atoms with Crippen molar-refractivity contribution in [3.8, 4) is 0 Å². The van der Waals surface area contributed by atoms with Crippen LogP contribution in [0.3, 0.4) is 0 Å². The predicted octanol–water partition coefficient (Wildman–Crippen LogP) is 2.01. The second-order valence-electron chi connectivity index (χ2n) is 4.66. The molecule has 0 fully saturated rings. The minimum Gasteiger partial charge on any atom is -0.481 e. The molecule has 0 spiro atoms. The fraction of sp³-hybridized carbons (Fsp3) is 0.462. The first kappa shape index (κ1) is 14.9. The largest absolute Gasteiger partial charge is 0.481 e. The average Bonchev–Trinajstić information content (AvgIpc) is 2.38. The Labute approximate surface area is 112 Å². The molecule has 2 amide bonds. The number of carbonyl (C=O) groups excluding carboxylic acids is 1. The number of hydrogen-bond donors (Lipinski definition) is 3. The molecule has 0 aliphatic heterocycles. The van der Waals surface area contributed by atoms with Gasteiger partial charge in [-0.25, -0.2) is 4.79 Å². The number of carboxylic acid groups (broad SMARTS) is 1. The van der Waals surface area contributed by atoms with Crippen molar-refractivity contribution in [3.63, 3.8) is 0 Å². The fourth-order valence-corrected chi connectivity index (χ4v) is 1.41. The Kier molecular flexibility index (Phi) is 4.86. The van der Waals surface area contributed by atoms with E-state index < -0.39 is 17.4 Å². The van der Waals surface area contributed by atoms with Gasteiger partial charge in [0.25, 0.3) is 0 Å². The van der Waals surface area contributed by atoms with Gasteiger partial charge in [-0.2, -0.15) is 0 Å². The number of rotatable bonds is 5. The van der Waals surface area contributed by atoms with Gasteiger partial charge in [-0.3, -0.25) is 9.78 Å². The lowest BCUT2D eigenvalue weighted by Crippen LogP contribution is -2.42. The van der Waals surface area contributed by atoms with Crippen LogP contribution in [-0.4, -0.2) is 28.6 Å². The van der Waals surface area contributed by atoms with Crippen LogP contribution in [0.4, 0.5) is 10.5 Å². The number of nitrogens with zero attached hydrogens (tertiary/aromatic N) is 1. The third-order valence-corrected chi connectivity index (χ3v) is 3.19. The minimum absolute atomic E-state index is 0.0734. The summed E-state index contributed by atoms with van der Waals surface area (Å²) in [7, 11) is 0. The molecule has 0 aliphatic carbocycles. The van der Waals surface area contributed by atoms with Gasteiger partial charge in [-0.1, -0.05) is 6.92 Å². The monoisotopic (exact) mass is 265 g/mol. The van der Waals surface area contributed by atoms with Crippen molar-refractivity contribution in [2.24, 2.45) is 5.41 Å². The van der Waals surface area contributed by atoms with Gasteiger partial charge in [0.05, 0.1) is 16.8 Å². The third-order valence-electron chi connectivity index (χ3n) is 3.19. The number of carboxylic acids is 1. The maximum absolute atomic E-state index is 11.7. The van der Waals surface area contributed by atoms with E-state index in [1.807, 2.05) is 0 Å². The highest BCUT2D eigenvalue weighted by Gasteiger charge is 2.31. The summed E-state index contributed by atoms with van der Waals surface area (Å²) in [5.74, 6) is -0.923. The molecule has 6 heteroatoms. The number of hydrogen-bond acceptors (Lipinski definition) is 3. The summed E-state index contributed by atoms with van der Waals surface area (Å²) in [6.07, 6.45) is 2.07. The second-order valence-corrected chi connectivity index (χ2v) is 4.66. The smallest absolute Gasteiger partial charge is 0.319 e. The van der Waals surface area contributed by atoms with Crippen LogP contribution in [-0.2, 0) is 4.79 Å². The topological polar surface area (TPSA) is 91.3 Å². The number of amides is 2. The van der Waals surface area contributed by atoms with E-state index in [0.29, 0.717) is 17.8 Å². The van der Waals surface area contributed by atoms with Gasteiger partial charge >= 0.3 is 12.0 Å². The normalized spacial score (nSPS) is 13.4.